The Morgan fingerprint density at radius 1 is 0.944 bits per heavy atom. The van der Waals surface area contributed by atoms with Gasteiger partial charge in [-0.25, -0.2) is 4.79 Å². The number of hydrogen-bond donors (Lipinski definition) is 3. The highest BCUT2D eigenvalue weighted by atomic mass is 16.4. The molecule has 0 atom stereocenters. The molecule has 0 radical (unpaired) electrons. The molecular formula is C13H10O5. The minimum Gasteiger partial charge on any atom is -0.508 e. The van der Waals surface area contributed by atoms with Crippen molar-refractivity contribution in [2.75, 3.05) is 0 Å². The molecule has 0 aliphatic rings. The third-order valence-electron chi connectivity index (χ3n) is 2.22. The lowest BCUT2D eigenvalue weighted by molar-refractivity contribution is 0.444. The van der Waals surface area contributed by atoms with Gasteiger partial charge in [-0.15, -0.1) is 0 Å². The number of phenols is 2. The lowest BCUT2D eigenvalue weighted by Crippen LogP contribution is -1.95. The maximum absolute atomic E-state index is 11.0. The van der Waals surface area contributed by atoms with E-state index in [9.17, 15) is 15.0 Å². The van der Waals surface area contributed by atoms with E-state index in [-0.39, 0.29) is 23.0 Å². The van der Waals surface area contributed by atoms with Gasteiger partial charge in [0.05, 0.1) is 6.07 Å². The monoisotopic (exact) mass is 246 g/mol. The third kappa shape index (κ3) is 2.70. The first-order chi connectivity index (χ1) is 8.54. The van der Waals surface area contributed by atoms with E-state index < -0.39 is 5.63 Å². The van der Waals surface area contributed by atoms with E-state index in [4.69, 9.17) is 9.52 Å². The van der Waals surface area contributed by atoms with Crippen molar-refractivity contribution >= 4 is 12.2 Å². The summed E-state index contributed by atoms with van der Waals surface area (Å²) in [6.07, 6.45) is 2.92. The van der Waals surface area contributed by atoms with Gasteiger partial charge in [0.2, 0.25) is 0 Å². The van der Waals surface area contributed by atoms with Gasteiger partial charge in [-0.1, -0.05) is 0 Å². The first-order valence-electron chi connectivity index (χ1n) is 5.09. The Bertz CT molecular complexity index is 655. The van der Waals surface area contributed by atoms with Crippen LogP contribution in [-0.2, 0) is 0 Å². The van der Waals surface area contributed by atoms with E-state index in [1.807, 2.05) is 0 Å². The van der Waals surface area contributed by atoms with E-state index in [0.29, 0.717) is 5.56 Å². The van der Waals surface area contributed by atoms with Gasteiger partial charge in [-0.2, -0.15) is 0 Å². The highest BCUT2D eigenvalue weighted by Gasteiger charge is 2.00. The molecule has 18 heavy (non-hydrogen) atoms. The normalized spacial score (nSPS) is 10.9. The Morgan fingerprint density at radius 2 is 1.72 bits per heavy atom. The fourth-order valence-corrected chi connectivity index (χ4v) is 1.41. The fraction of sp³-hybridized carbons (Fsp3) is 0. The summed E-state index contributed by atoms with van der Waals surface area (Å²) in [4.78, 5) is 11.0. The summed E-state index contributed by atoms with van der Waals surface area (Å²) in [7, 11) is 0. The average molecular weight is 246 g/mol. The van der Waals surface area contributed by atoms with E-state index in [2.05, 4.69) is 0 Å². The molecule has 0 bridgehead atoms. The first-order valence-corrected chi connectivity index (χ1v) is 5.09. The Hall–Kier alpha value is -2.69. The van der Waals surface area contributed by atoms with Gasteiger partial charge in [0, 0.05) is 17.7 Å². The molecule has 0 unspecified atom stereocenters. The molecule has 92 valence electrons. The zero-order valence-electron chi connectivity index (χ0n) is 9.20. The molecule has 0 aliphatic carbocycles. The molecule has 0 saturated carbocycles. The van der Waals surface area contributed by atoms with E-state index >= 15 is 0 Å². The van der Waals surface area contributed by atoms with Crippen molar-refractivity contribution in [2.24, 2.45) is 0 Å². The van der Waals surface area contributed by atoms with Crippen LogP contribution in [0.2, 0.25) is 0 Å². The molecule has 2 rings (SSSR count). The standard InChI is InChI=1S/C13H10O5/c14-9-3-1-8(12(16)6-9)2-4-11-5-10(15)7-13(17)18-11/h1-7,14-16H/b4-2+. The molecule has 0 amide bonds. The summed E-state index contributed by atoms with van der Waals surface area (Å²) < 4.78 is 4.81. The predicted molar refractivity (Wildman–Crippen MR) is 65.3 cm³/mol. The fourth-order valence-electron chi connectivity index (χ4n) is 1.41. The summed E-state index contributed by atoms with van der Waals surface area (Å²) in [5.74, 6) is -0.185. The van der Waals surface area contributed by atoms with Crippen LogP contribution in [0.4, 0.5) is 0 Å². The minimum atomic E-state index is -0.662. The summed E-state index contributed by atoms with van der Waals surface area (Å²) in [5.41, 5.74) is -0.219. The topological polar surface area (TPSA) is 90.9 Å². The van der Waals surface area contributed by atoms with Gasteiger partial charge in [0.15, 0.2) is 0 Å². The molecule has 5 nitrogen and oxygen atoms in total. The zero-order valence-corrected chi connectivity index (χ0v) is 9.20. The van der Waals surface area contributed by atoms with Crippen LogP contribution < -0.4 is 5.63 Å². The molecule has 1 heterocycles. The summed E-state index contributed by atoms with van der Waals surface area (Å²) in [6.45, 7) is 0. The Labute approximate surface area is 102 Å². The van der Waals surface area contributed by atoms with Crippen molar-refractivity contribution in [1.29, 1.82) is 0 Å². The van der Waals surface area contributed by atoms with E-state index in [0.717, 1.165) is 6.07 Å². The number of benzene rings is 1. The lowest BCUT2D eigenvalue weighted by atomic mass is 10.1. The molecule has 0 saturated heterocycles. The van der Waals surface area contributed by atoms with Crippen LogP contribution in [0.3, 0.4) is 0 Å². The highest BCUT2D eigenvalue weighted by Crippen LogP contribution is 2.24. The molecule has 1 aromatic heterocycles. The Morgan fingerprint density at radius 3 is 2.39 bits per heavy atom. The minimum absolute atomic E-state index is 0.0477. The van der Waals surface area contributed by atoms with Gasteiger partial charge >= 0.3 is 5.63 Å². The molecule has 2 aromatic rings. The SMILES string of the molecule is O=c1cc(O)cc(/C=C/c2ccc(O)cc2O)o1. The predicted octanol–water partition coefficient (Wildman–Crippen LogP) is 1.93. The van der Waals surface area contributed by atoms with Crippen molar-refractivity contribution in [3.05, 3.63) is 52.1 Å². The van der Waals surface area contributed by atoms with Crippen molar-refractivity contribution in [3.63, 3.8) is 0 Å². The highest BCUT2D eigenvalue weighted by molar-refractivity contribution is 5.71. The van der Waals surface area contributed by atoms with Gasteiger partial charge in [-0.3, -0.25) is 0 Å². The molecule has 0 spiro atoms. The van der Waals surface area contributed by atoms with Crippen LogP contribution in [0, 0.1) is 0 Å². The maximum Gasteiger partial charge on any atom is 0.339 e. The summed E-state index contributed by atoms with van der Waals surface area (Å²) >= 11 is 0. The van der Waals surface area contributed by atoms with Crippen LogP contribution >= 0.6 is 0 Å². The molecular weight excluding hydrogens is 236 g/mol. The van der Waals surface area contributed by atoms with Crippen molar-refractivity contribution in [3.8, 4) is 17.2 Å². The van der Waals surface area contributed by atoms with Crippen LogP contribution in [-0.4, -0.2) is 15.3 Å². The third-order valence-corrected chi connectivity index (χ3v) is 2.22. The number of hydrogen-bond acceptors (Lipinski definition) is 5. The quantitative estimate of drug-likeness (QED) is 0.753. The molecule has 5 heteroatoms. The van der Waals surface area contributed by atoms with Crippen molar-refractivity contribution in [2.45, 2.75) is 0 Å². The van der Waals surface area contributed by atoms with Crippen molar-refractivity contribution < 1.29 is 19.7 Å². The number of phenolic OH excluding ortho intramolecular Hbond substituents is 2. The molecule has 1 aromatic carbocycles. The molecule has 3 N–H and O–H groups in total. The van der Waals surface area contributed by atoms with Gasteiger partial charge in [0.1, 0.15) is 23.0 Å². The zero-order chi connectivity index (χ0) is 13.1. The molecule has 0 aliphatic heterocycles. The second-order valence-corrected chi connectivity index (χ2v) is 3.61. The number of rotatable bonds is 2. The smallest absolute Gasteiger partial charge is 0.339 e. The van der Waals surface area contributed by atoms with Crippen LogP contribution in [0.1, 0.15) is 11.3 Å². The van der Waals surface area contributed by atoms with Gasteiger partial charge in [-0.05, 0) is 24.3 Å². The second-order valence-electron chi connectivity index (χ2n) is 3.61. The van der Waals surface area contributed by atoms with Crippen LogP contribution in [0.5, 0.6) is 17.2 Å². The summed E-state index contributed by atoms with van der Waals surface area (Å²) in [6, 6.07) is 6.34. The van der Waals surface area contributed by atoms with Crippen molar-refractivity contribution in [1.82, 2.24) is 0 Å². The Balaban J connectivity index is 2.32. The van der Waals surface area contributed by atoms with E-state index in [1.54, 1.807) is 0 Å². The van der Waals surface area contributed by atoms with Gasteiger partial charge in [0.25, 0.3) is 0 Å². The second kappa shape index (κ2) is 4.67. The lowest BCUT2D eigenvalue weighted by Gasteiger charge is -1.99. The van der Waals surface area contributed by atoms with Crippen LogP contribution in [0.15, 0.2) is 39.5 Å². The van der Waals surface area contributed by atoms with Crippen LogP contribution in [0.25, 0.3) is 12.2 Å². The maximum atomic E-state index is 11.0. The average Bonchev–Trinajstić information content (AvgIpc) is 2.26. The largest absolute Gasteiger partial charge is 0.508 e. The van der Waals surface area contributed by atoms with Gasteiger partial charge < -0.3 is 19.7 Å². The van der Waals surface area contributed by atoms with E-state index in [1.165, 1.54) is 36.4 Å². The number of aromatic hydroxyl groups is 3. The molecule has 0 fully saturated rings. The first kappa shape index (κ1) is 11.8. The Kier molecular flexibility index (Phi) is 3.05. The summed E-state index contributed by atoms with van der Waals surface area (Å²) in [5, 5.41) is 27.8.